The van der Waals surface area contributed by atoms with E-state index in [-0.39, 0.29) is 6.61 Å². The molecular weight excluding hydrogens is 350 g/mol. The van der Waals surface area contributed by atoms with Crippen LogP contribution in [0.25, 0.3) is 0 Å². The normalized spacial score (nSPS) is 12.4. The Labute approximate surface area is 138 Å². The Morgan fingerprint density at radius 2 is 2.00 bits per heavy atom. The molecule has 5 heteroatoms. The summed E-state index contributed by atoms with van der Waals surface area (Å²) in [5.41, 5.74) is 1.33. The lowest BCUT2D eigenvalue weighted by Gasteiger charge is -2.13. The lowest BCUT2D eigenvalue weighted by Crippen LogP contribution is -2.30. The molecule has 0 fully saturated rings. The summed E-state index contributed by atoms with van der Waals surface area (Å²) in [4.78, 5) is 2.65. The number of rotatable bonds is 7. The quantitative estimate of drug-likeness (QED) is 0.782. The third kappa shape index (κ3) is 5.43. The molecule has 0 aliphatic heterocycles. The van der Waals surface area contributed by atoms with Crippen molar-refractivity contribution in [1.29, 1.82) is 0 Å². The van der Waals surface area contributed by atoms with Gasteiger partial charge in [-0.3, -0.25) is 0 Å². The summed E-state index contributed by atoms with van der Waals surface area (Å²) >= 11 is 5.17. The molecule has 0 aliphatic rings. The van der Waals surface area contributed by atoms with Crippen LogP contribution in [-0.2, 0) is 6.54 Å². The number of nitrogens with one attached hydrogen (secondary N) is 1. The maximum Gasteiger partial charge on any atom is 0.119 e. The smallest absolute Gasteiger partial charge is 0.119 e. The van der Waals surface area contributed by atoms with Gasteiger partial charge in [-0.15, -0.1) is 11.3 Å². The van der Waals surface area contributed by atoms with Gasteiger partial charge in [0.15, 0.2) is 0 Å². The van der Waals surface area contributed by atoms with Crippen LogP contribution in [0.2, 0.25) is 0 Å². The fourth-order valence-electron chi connectivity index (χ4n) is 1.88. The summed E-state index contributed by atoms with van der Waals surface area (Å²) in [5, 5.41) is 13.2. The molecule has 0 amide bonds. The van der Waals surface area contributed by atoms with E-state index in [4.69, 9.17) is 4.74 Å². The molecule has 2 N–H and O–H groups in total. The second kappa shape index (κ2) is 7.94. The van der Waals surface area contributed by atoms with Crippen molar-refractivity contribution >= 4 is 27.3 Å². The summed E-state index contributed by atoms with van der Waals surface area (Å²) in [5.74, 6) is 0.766. The summed E-state index contributed by atoms with van der Waals surface area (Å²) in [6.07, 6.45) is -0.518. The Morgan fingerprint density at radius 3 is 2.62 bits per heavy atom. The molecule has 3 nitrogen and oxygen atoms in total. The van der Waals surface area contributed by atoms with Gasteiger partial charge in [-0.25, -0.2) is 0 Å². The van der Waals surface area contributed by atoms with Crippen molar-refractivity contribution in [3.05, 3.63) is 50.1 Å². The van der Waals surface area contributed by atoms with Gasteiger partial charge in [-0.2, -0.15) is 0 Å². The van der Waals surface area contributed by atoms with E-state index in [0.717, 1.165) is 16.8 Å². The fraction of sp³-hybridized carbons (Fsp3) is 0.375. The van der Waals surface area contributed by atoms with Crippen molar-refractivity contribution in [3.63, 3.8) is 0 Å². The molecule has 2 rings (SSSR count). The zero-order valence-corrected chi connectivity index (χ0v) is 14.6. The van der Waals surface area contributed by atoms with Gasteiger partial charge in [0.05, 0.1) is 0 Å². The molecule has 21 heavy (non-hydrogen) atoms. The molecule has 1 unspecified atom stereocenters. The summed E-state index contributed by atoms with van der Waals surface area (Å²) < 4.78 is 6.55. The molecule has 0 saturated heterocycles. The lowest BCUT2D eigenvalue weighted by atomic mass is 10.3. The number of thiophene rings is 1. The second-order valence-corrected chi connectivity index (χ2v) is 7.26. The third-order valence-electron chi connectivity index (χ3n) is 3.15. The molecule has 2 aromatic rings. The number of benzene rings is 1. The third-order valence-corrected chi connectivity index (χ3v) is 4.83. The number of halogens is 1. The van der Waals surface area contributed by atoms with Gasteiger partial charge in [0.25, 0.3) is 0 Å². The number of aliphatic hydroxyl groups is 1. The molecule has 1 atom stereocenters. The number of hydrogen-bond acceptors (Lipinski definition) is 4. The minimum atomic E-state index is -0.518. The number of aryl methyl sites for hydroxylation is 2. The van der Waals surface area contributed by atoms with Crippen LogP contribution in [0.3, 0.4) is 0 Å². The van der Waals surface area contributed by atoms with Crippen LogP contribution in [0.1, 0.15) is 15.3 Å². The van der Waals surface area contributed by atoms with Crippen LogP contribution in [-0.4, -0.2) is 24.4 Å². The largest absolute Gasteiger partial charge is 0.491 e. The van der Waals surface area contributed by atoms with Crippen molar-refractivity contribution < 1.29 is 9.84 Å². The first-order chi connectivity index (χ1) is 10.0. The van der Waals surface area contributed by atoms with Gasteiger partial charge in [0.1, 0.15) is 18.5 Å². The van der Waals surface area contributed by atoms with Crippen LogP contribution >= 0.6 is 27.3 Å². The maximum atomic E-state index is 9.91. The Bertz CT molecular complexity index is 549. The average Bonchev–Trinajstić information content (AvgIpc) is 2.77. The summed E-state index contributed by atoms with van der Waals surface area (Å²) in [7, 11) is 0. The molecule has 114 valence electrons. The second-order valence-electron chi connectivity index (χ2n) is 5.00. The Balaban J connectivity index is 1.67. The molecular formula is C16H20BrNO2S. The number of hydrogen-bond donors (Lipinski definition) is 2. The van der Waals surface area contributed by atoms with E-state index in [1.54, 1.807) is 11.3 Å². The summed E-state index contributed by atoms with van der Waals surface area (Å²) in [6.45, 7) is 5.85. The predicted molar refractivity (Wildman–Crippen MR) is 91.1 cm³/mol. The molecule has 1 aromatic carbocycles. The topological polar surface area (TPSA) is 41.5 Å². The highest BCUT2D eigenvalue weighted by Crippen LogP contribution is 2.20. The van der Waals surface area contributed by atoms with E-state index >= 15 is 0 Å². The van der Waals surface area contributed by atoms with E-state index in [0.29, 0.717) is 6.54 Å². The Morgan fingerprint density at radius 1 is 1.29 bits per heavy atom. The van der Waals surface area contributed by atoms with Crippen molar-refractivity contribution in [2.75, 3.05) is 13.2 Å². The summed E-state index contributed by atoms with van der Waals surface area (Å²) in [6, 6.07) is 9.78. The van der Waals surface area contributed by atoms with Crippen LogP contribution in [0, 0.1) is 13.8 Å². The maximum absolute atomic E-state index is 9.91. The van der Waals surface area contributed by atoms with Crippen LogP contribution < -0.4 is 10.1 Å². The monoisotopic (exact) mass is 369 g/mol. The van der Waals surface area contributed by atoms with Crippen LogP contribution in [0.15, 0.2) is 34.8 Å². The molecule has 1 heterocycles. The van der Waals surface area contributed by atoms with Crippen LogP contribution in [0.4, 0.5) is 0 Å². The highest BCUT2D eigenvalue weighted by molar-refractivity contribution is 9.10. The molecule has 0 saturated carbocycles. The zero-order chi connectivity index (χ0) is 15.2. The minimum Gasteiger partial charge on any atom is -0.491 e. The standard InChI is InChI=1S/C16H20BrNO2S/c1-11-7-16(21-12(11)2)9-18-8-14(19)10-20-15-5-3-13(17)4-6-15/h3-7,14,18-19H,8-10H2,1-2H3. The molecule has 1 aromatic heterocycles. The van der Waals surface area contributed by atoms with Gasteiger partial charge in [0, 0.05) is 27.3 Å². The highest BCUT2D eigenvalue weighted by Gasteiger charge is 2.06. The van der Waals surface area contributed by atoms with Gasteiger partial charge >= 0.3 is 0 Å². The van der Waals surface area contributed by atoms with Crippen molar-refractivity contribution in [1.82, 2.24) is 5.32 Å². The first-order valence-corrected chi connectivity index (χ1v) is 8.48. The molecule has 0 aliphatic carbocycles. The van der Waals surface area contributed by atoms with Crippen molar-refractivity contribution in [2.24, 2.45) is 0 Å². The Kier molecular flexibility index (Phi) is 6.23. The van der Waals surface area contributed by atoms with E-state index in [9.17, 15) is 5.11 Å². The van der Waals surface area contributed by atoms with E-state index in [2.05, 4.69) is 41.2 Å². The SMILES string of the molecule is Cc1cc(CNCC(O)COc2ccc(Br)cc2)sc1C. The first-order valence-electron chi connectivity index (χ1n) is 6.87. The van der Waals surface area contributed by atoms with E-state index < -0.39 is 6.10 Å². The van der Waals surface area contributed by atoms with Crippen LogP contribution in [0.5, 0.6) is 5.75 Å². The highest BCUT2D eigenvalue weighted by atomic mass is 79.9. The van der Waals surface area contributed by atoms with Gasteiger partial charge in [0.2, 0.25) is 0 Å². The van der Waals surface area contributed by atoms with E-state index in [1.165, 1.54) is 15.3 Å². The molecule has 0 bridgehead atoms. The van der Waals surface area contributed by atoms with Gasteiger partial charge < -0.3 is 15.2 Å². The van der Waals surface area contributed by atoms with E-state index in [1.807, 2.05) is 24.3 Å². The average molecular weight is 370 g/mol. The number of aliphatic hydroxyl groups excluding tert-OH is 1. The molecule has 0 radical (unpaired) electrons. The van der Waals surface area contributed by atoms with Gasteiger partial charge in [-0.1, -0.05) is 15.9 Å². The van der Waals surface area contributed by atoms with Crippen molar-refractivity contribution in [3.8, 4) is 5.75 Å². The predicted octanol–water partition coefficient (Wildman–Crippen LogP) is 3.66. The van der Waals surface area contributed by atoms with Crippen molar-refractivity contribution in [2.45, 2.75) is 26.5 Å². The minimum absolute atomic E-state index is 0.289. The molecule has 0 spiro atoms. The lowest BCUT2D eigenvalue weighted by molar-refractivity contribution is 0.106. The fourth-order valence-corrected chi connectivity index (χ4v) is 3.17. The zero-order valence-electron chi connectivity index (χ0n) is 12.2. The van der Waals surface area contributed by atoms with Gasteiger partial charge in [-0.05, 0) is 49.7 Å². The Hall–Kier alpha value is -0.880. The first kappa shape index (κ1) is 16.5. The number of ether oxygens (including phenoxy) is 1.